The van der Waals surface area contributed by atoms with Crippen molar-refractivity contribution in [1.82, 2.24) is 5.32 Å². The monoisotopic (exact) mass is 247 g/mol. The molecule has 0 radical (unpaired) electrons. The maximum atomic E-state index is 12.9. The molecule has 0 aromatic heterocycles. The summed E-state index contributed by atoms with van der Waals surface area (Å²) in [5, 5.41) is 11.7. The van der Waals surface area contributed by atoms with Crippen molar-refractivity contribution in [3.63, 3.8) is 0 Å². The van der Waals surface area contributed by atoms with Crippen LogP contribution in [0.2, 0.25) is 0 Å². The van der Waals surface area contributed by atoms with Crippen molar-refractivity contribution in [2.24, 2.45) is 0 Å². The van der Waals surface area contributed by atoms with E-state index in [0.717, 1.165) is 19.3 Å². The molecule has 17 heavy (non-hydrogen) atoms. The average molecular weight is 247 g/mol. The van der Waals surface area contributed by atoms with Gasteiger partial charge in [-0.2, -0.15) is 8.78 Å². The van der Waals surface area contributed by atoms with Gasteiger partial charge in [-0.05, 0) is 6.42 Å². The molecule has 1 aliphatic heterocycles. The number of unbranched alkanes of at least 4 members (excludes halogenated alkanes) is 2. The van der Waals surface area contributed by atoms with E-state index in [1.54, 1.807) is 0 Å². The number of nitrogens with one attached hydrogen (secondary N) is 1. The molecule has 0 aliphatic carbocycles. The van der Waals surface area contributed by atoms with Gasteiger partial charge in [0.15, 0.2) is 0 Å². The third-order valence-electron chi connectivity index (χ3n) is 2.79. The number of rotatable bonds is 6. The molecule has 1 heterocycles. The molecule has 3 nitrogen and oxygen atoms in total. The van der Waals surface area contributed by atoms with Crippen molar-refractivity contribution in [2.75, 3.05) is 0 Å². The summed E-state index contributed by atoms with van der Waals surface area (Å²) in [7, 11) is 0. The Labute approximate surface area is 99.9 Å². The van der Waals surface area contributed by atoms with E-state index in [0.29, 0.717) is 6.42 Å². The number of amides is 1. The molecule has 0 aromatic carbocycles. The van der Waals surface area contributed by atoms with Gasteiger partial charge in [0.25, 0.3) is 5.91 Å². The fraction of sp³-hybridized carbons (Fsp3) is 0.750. The minimum Gasteiger partial charge on any atom is -0.389 e. The Morgan fingerprint density at radius 1 is 1.59 bits per heavy atom. The molecule has 0 bridgehead atoms. The molecule has 2 N–H and O–H groups in total. The van der Waals surface area contributed by atoms with Crippen molar-refractivity contribution in [3.8, 4) is 0 Å². The van der Waals surface area contributed by atoms with Gasteiger partial charge in [-0.25, -0.2) is 0 Å². The minimum atomic E-state index is -3.28. The van der Waals surface area contributed by atoms with E-state index in [1.807, 2.05) is 0 Å². The van der Waals surface area contributed by atoms with E-state index < -0.39 is 30.4 Å². The zero-order chi connectivity index (χ0) is 12.9. The first-order chi connectivity index (χ1) is 7.95. The van der Waals surface area contributed by atoms with Gasteiger partial charge < -0.3 is 10.4 Å². The predicted octanol–water partition coefficient (Wildman–Crippen LogP) is 2.01. The van der Waals surface area contributed by atoms with Crippen LogP contribution in [-0.2, 0) is 4.79 Å². The second-order valence-electron chi connectivity index (χ2n) is 4.44. The predicted molar refractivity (Wildman–Crippen MR) is 60.8 cm³/mol. The molecule has 0 saturated carbocycles. The molecular weight excluding hydrogens is 228 g/mol. The Bertz CT molecular complexity index is 292. The Balaban J connectivity index is 2.32. The smallest absolute Gasteiger partial charge is 0.326 e. The molecule has 1 fully saturated rings. The summed E-state index contributed by atoms with van der Waals surface area (Å²) in [6, 6.07) is -0.668. The number of hydrogen-bond acceptors (Lipinski definition) is 2. The van der Waals surface area contributed by atoms with Gasteiger partial charge in [0.05, 0.1) is 12.1 Å². The van der Waals surface area contributed by atoms with Crippen molar-refractivity contribution in [3.05, 3.63) is 12.2 Å². The van der Waals surface area contributed by atoms with Crippen LogP contribution in [0.25, 0.3) is 0 Å². The summed E-state index contributed by atoms with van der Waals surface area (Å²) in [6.45, 7) is 2.07. The Morgan fingerprint density at radius 3 is 2.82 bits per heavy atom. The van der Waals surface area contributed by atoms with Crippen LogP contribution in [-0.4, -0.2) is 29.1 Å². The van der Waals surface area contributed by atoms with Gasteiger partial charge in [-0.15, -0.1) is 0 Å². The first kappa shape index (κ1) is 14.1. The van der Waals surface area contributed by atoms with E-state index >= 15 is 0 Å². The largest absolute Gasteiger partial charge is 0.389 e. The van der Waals surface area contributed by atoms with Gasteiger partial charge in [-0.1, -0.05) is 38.3 Å². The highest BCUT2D eigenvalue weighted by molar-refractivity contribution is 5.86. The normalized spacial score (nSPS) is 25.2. The zero-order valence-corrected chi connectivity index (χ0v) is 9.96. The highest BCUT2D eigenvalue weighted by Gasteiger charge is 2.47. The van der Waals surface area contributed by atoms with Crippen LogP contribution in [0.4, 0.5) is 8.78 Å². The SMILES string of the molecule is CCCCC[C@@H](O)/C=C/[C@H]1CC(F)(F)C(=O)N1. The minimum absolute atomic E-state index is 0.524. The van der Waals surface area contributed by atoms with Crippen LogP contribution in [0.15, 0.2) is 12.2 Å². The molecular formula is C12H19F2NO2. The third kappa shape index (κ3) is 4.42. The van der Waals surface area contributed by atoms with Crippen LogP contribution in [0, 0.1) is 0 Å². The number of carbonyl (C=O) groups excluding carboxylic acids is 1. The van der Waals surface area contributed by atoms with Gasteiger partial charge in [0.1, 0.15) is 0 Å². The number of carbonyl (C=O) groups is 1. The van der Waals surface area contributed by atoms with Crippen molar-refractivity contribution in [2.45, 2.75) is 57.1 Å². The summed E-state index contributed by atoms with van der Waals surface area (Å²) in [5.41, 5.74) is 0. The van der Waals surface area contributed by atoms with Crippen LogP contribution < -0.4 is 5.32 Å². The molecule has 1 rings (SSSR count). The summed E-state index contributed by atoms with van der Waals surface area (Å²) in [4.78, 5) is 10.8. The molecule has 1 amide bonds. The standard InChI is InChI=1S/C12H19F2NO2/c1-2-3-4-5-10(16)7-6-9-8-12(13,14)11(17)15-9/h6-7,9-10,16H,2-5,8H2,1H3,(H,15,17)/b7-6+/t9-,10+/m0/s1. The first-order valence-corrected chi connectivity index (χ1v) is 6.01. The lowest BCUT2D eigenvalue weighted by molar-refractivity contribution is -0.139. The van der Waals surface area contributed by atoms with Crippen molar-refractivity contribution in [1.29, 1.82) is 0 Å². The Morgan fingerprint density at radius 2 is 2.29 bits per heavy atom. The summed E-state index contributed by atoms with van der Waals surface area (Å²) in [6.07, 6.45) is 5.45. The maximum Gasteiger partial charge on any atom is 0.326 e. The highest BCUT2D eigenvalue weighted by Crippen LogP contribution is 2.27. The number of alkyl halides is 2. The summed E-state index contributed by atoms with van der Waals surface area (Å²) in [5.74, 6) is -4.50. The van der Waals surface area contributed by atoms with E-state index in [2.05, 4.69) is 12.2 Å². The number of halogens is 2. The molecule has 2 atom stereocenters. The molecule has 1 saturated heterocycles. The quantitative estimate of drug-likeness (QED) is 0.557. The second kappa shape index (κ2) is 6.10. The van der Waals surface area contributed by atoms with Gasteiger partial charge >= 0.3 is 5.92 Å². The molecule has 0 spiro atoms. The topological polar surface area (TPSA) is 49.3 Å². The molecule has 5 heteroatoms. The van der Waals surface area contributed by atoms with Crippen LogP contribution in [0.5, 0.6) is 0 Å². The molecule has 0 aromatic rings. The molecule has 1 aliphatic rings. The van der Waals surface area contributed by atoms with Crippen LogP contribution in [0.3, 0.4) is 0 Å². The fourth-order valence-electron chi connectivity index (χ4n) is 1.77. The average Bonchev–Trinajstić information content (AvgIpc) is 2.50. The Kier molecular flexibility index (Phi) is 5.05. The van der Waals surface area contributed by atoms with E-state index in [9.17, 15) is 18.7 Å². The van der Waals surface area contributed by atoms with E-state index in [1.165, 1.54) is 12.2 Å². The highest BCUT2D eigenvalue weighted by atomic mass is 19.3. The lowest BCUT2D eigenvalue weighted by atomic mass is 10.1. The molecule has 0 unspecified atom stereocenters. The number of aliphatic hydroxyl groups excluding tert-OH is 1. The van der Waals surface area contributed by atoms with E-state index in [-0.39, 0.29) is 0 Å². The van der Waals surface area contributed by atoms with Crippen LogP contribution >= 0.6 is 0 Å². The molecule has 98 valence electrons. The number of aliphatic hydroxyl groups is 1. The first-order valence-electron chi connectivity index (χ1n) is 6.01. The van der Waals surface area contributed by atoms with Crippen molar-refractivity contribution >= 4 is 5.91 Å². The van der Waals surface area contributed by atoms with Crippen LogP contribution in [0.1, 0.15) is 39.0 Å². The fourth-order valence-corrected chi connectivity index (χ4v) is 1.77. The zero-order valence-electron chi connectivity index (χ0n) is 9.96. The van der Waals surface area contributed by atoms with E-state index in [4.69, 9.17) is 0 Å². The third-order valence-corrected chi connectivity index (χ3v) is 2.79. The Hall–Kier alpha value is -0.970. The lowest BCUT2D eigenvalue weighted by Gasteiger charge is -2.06. The number of hydrogen-bond donors (Lipinski definition) is 2. The van der Waals surface area contributed by atoms with Gasteiger partial charge in [0, 0.05) is 6.42 Å². The second-order valence-corrected chi connectivity index (χ2v) is 4.44. The summed E-state index contributed by atoms with van der Waals surface area (Å²) >= 11 is 0. The van der Waals surface area contributed by atoms with Gasteiger partial charge in [-0.3, -0.25) is 4.79 Å². The maximum absolute atomic E-state index is 12.9. The summed E-state index contributed by atoms with van der Waals surface area (Å²) < 4.78 is 25.7. The van der Waals surface area contributed by atoms with Gasteiger partial charge in [0.2, 0.25) is 0 Å². The lowest BCUT2D eigenvalue weighted by Crippen LogP contribution is -2.30. The van der Waals surface area contributed by atoms with Crippen molar-refractivity contribution < 1.29 is 18.7 Å².